The molecule has 0 amide bonds. The highest BCUT2D eigenvalue weighted by molar-refractivity contribution is 8.00. The number of hydrogen-bond acceptors (Lipinski definition) is 2. The number of benzene rings is 1. The molecule has 1 aromatic carbocycles. The van der Waals surface area contributed by atoms with Crippen LogP contribution in [0.15, 0.2) is 35.4 Å². The third-order valence-corrected chi connectivity index (χ3v) is 3.20. The summed E-state index contributed by atoms with van der Waals surface area (Å²) in [5.74, 6) is 0. The maximum atomic E-state index is 12.3. The van der Waals surface area contributed by atoms with E-state index in [0.29, 0.717) is 16.3 Å². The first-order chi connectivity index (χ1) is 8.89. The summed E-state index contributed by atoms with van der Waals surface area (Å²) in [4.78, 5) is 2.60. The predicted molar refractivity (Wildman–Crippen MR) is 67.9 cm³/mol. The van der Waals surface area contributed by atoms with Crippen molar-refractivity contribution in [3.8, 4) is 17.3 Å². The van der Waals surface area contributed by atoms with Crippen molar-refractivity contribution in [2.45, 2.75) is 10.5 Å². The number of aromatic amines is 1. The fraction of sp³-hybridized carbons (Fsp3) is 0.0833. The van der Waals surface area contributed by atoms with Crippen LogP contribution in [0.2, 0.25) is 5.02 Å². The Morgan fingerprint density at radius 3 is 2.37 bits per heavy atom. The van der Waals surface area contributed by atoms with Crippen molar-refractivity contribution in [1.29, 1.82) is 5.26 Å². The molecule has 0 atom stereocenters. The molecular formula is C12H6ClF3N2S. The van der Waals surface area contributed by atoms with Crippen molar-refractivity contribution in [3.05, 3.63) is 40.9 Å². The van der Waals surface area contributed by atoms with Gasteiger partial charge in [-0.1, -0.05) is 23.7 Å². The minimum absolute atomic E-state index is 0.117. The largest absolute Gasteiger partial charge is 0.447 e. The molecule has 0 unspecified atom stereocenters. The highest BCUT2D eigenvalue weighted by Crippen LogP contribution is 2.38. The lowest BCUT2D eigenvalue weighted by Gasteiger charge is -2.02. The number of nitrogens with one attached hydrogen (secondary N) is 1. The van der Waals surface area contributed by atoms with E-state index in [4.69, 9.17) is 16.9 Å². The second kappa shape index (κ2) is 5.19. The van der Waals surface area contributed by atoms with Gasteiger partial charge in [0.15, 0.2) is 0 Å². The molecule has 7 heteroatoms. The average Bonchev–Trinajstić information content (AvgIpc) is 2.70. The monoisotopic (exact) mass is 302 g/mol. The van der Waals surface area contributed by atoms with Crippen molar-refractivity contribution in [2.24, 2.45) is 0 Å². The van der Waals surface area contributed by atoms with Gasteiger partial charge in [-0.05, 0) is 23.8 Å². The van der Waals surface area contributed by atoms with Gasteiger partial charge < -0.3 is 4.98 Å². The number of nitrogens with zero attached hydrogens (tertiary/aromatic N) is 1. The molecule has 0 aliphatic rings. The zero-order valence-electron chi connectivity index (χ0n) is 9.25. The molecule has 2 aromatic rings. The van der Waals surface area contributed by atoms with Gasteiger partial charge in [0.05, 0.1) is 16.3 Å². The molecule has 1 heterocycles. The number of rotatable bonds is 2. The lowest BCUT2D eigenvalue weighted by molar-refractivity contribution is -0.0329. The Labute approximate surface area is 116 Å². The van der Waals surface area contributed by atoms with Crippen molar-refractivity contribution >= 4 is 23.4 Å². The third kappa shape index (κ3) is 3.46. The summed E-state index contributed by atoms with van der Waals surface area (Å²) in [6, 6.07) is 9.54. The van der Waals surface area contributed by atoms with Gasteiger partial charge in [0, 0.05) is 16.8 Å². The molecule has 19 heavy (non-hydrogen) atoms. The molecule has 0 aliphatic carbocycles. The van der Waals surface area contributed by atoms with Crippen LogP contribution in [0.4, 0.5) is 13.2 Å². The smallest absolute Gasteiger partial charge is 0.348 e. The highest BCUT2D eigenvalue weighted by Gasteiger charge is 2.30. The summed E-state index contributed by atoms with van der Waals surface area (Å²) in [6.45, 7) is 0. The Morgan fingerprint density at radius 1 is 1.21 bits per heavy atom. The fourth-order valence-corrected chi connectivity index (χ4v) is 2.25. The molecule has 2 rings (SSSR count). The summed E-state index contributed by atoms with van der Waals surface area (Å²) >= 11 is 5.45. The lowest BCUT2D eigenvalue weighted by Crippen LogP contribution is -1.98. The summed E-state index contributed by atoms with van der Waals surface area (Å²) in [5.41, 5.74) is -3.27. The van der Waals surface area contributed by atoms with Crippen LogP contribution in [0.5, 0.6) is 0 Å². The number of hydrogen-bond donors (Lipinski definition) is 1. The van der Waals surface area contributed by atoms with Gasteiger partial charge >= 0.3 is 5.51 Å². The SMILES string of the molecule is N#Cc1cc(SC(F)(F)F)[nH]c1-c1ccc(Cl)cc1. The van der Waals surface area contributed by atoms with Crippen LogP contribution >= 0.6 is 23.4 Å². The Morgan fingerprint density at radius 2 is 1.84 bits per heavy atom. The second-order valence-corrected chi connectivity index (χ2v) is 5.13. The van der Waals surface area contributed by atoms with Gasteiger partial charge in [-0.3, -0.25) is 0 Å². The van der Waals surface area contributed by atoms with Crippen LogP contribution in [0, 0.1) is 11.3 Å². The molecule has 0 aliphatic heterocycles. The first-order valence-corrected chi connectivity index (χ1v) is 6.23. The van der Waals surface area contributed by atoms with E-state index in [-0.39, 0.29) is 22.4 Å². The van der Waals surface area contributed by atoms with Gasteiger partial charge in [0.2, 0.25) is 0 Å². The van der Waals surface area contributed by atoms with Gasteiger partial charge in [-0.2, -0.15) is 18.4 Å². The van der Waals surface area contributed by atoms with Gasteiger partial charge in [-0.25, -0.2) is 0 Å². The Kier molecular flexibility index (Phi) is 3.78. The van der Waals surface area contributed by atoms with E-state index in [2.05, 4.69) is 4.98 Å². The van der Waals surface area contributed by atoms with Gasteiger partial charge in [0.1, 0.15) is 6.07 Å². The van der Waals surface area contributed by atoms with Crippen LogP contribution in [-0.2, 0) is 0 Å². The van der Waals surface area contributed by atoms with E-state index in [0.717, 1.165) is 0 Å². The van der Waals surface area contributed by atoms with Crippen molar-refractivity contribution < 1.29 is 13.2 Å². The zero-order valence-corrected chi connectivity index (χ0v) is 10.8. The predicted octanol–water partition coefficient (Wildman–Crippen LogP) is 4.82. The third-order valence-electron chi connectivity index (χ3n) is 2.27. The fourth-order valence-electron chi connectivity index (χ4n) is 1.54. The highest BCUT2D eigenvalue weighted by atomic mass is 35.5. The van der Waals surface area contributed by atoms with Crippen LogP contribution < -0.4 is 0 Å². The summed E-state index contributed by atoms with van der Waals surface area (Å²) < 4.78 is 36.9. The molecule has 1 N–H and O–H groups in total. The second-order valence-electron chi connectivity index (χ2n) is 3.59. The number of alkyl halides is 3. The number of H-pyrrole nitrogens is 1. The maximum absolute atomic E-state index is 12.3. The number of aromatic nitrogens is 1. The Bertz CT molecular complexity index is 626. The normalized spacial score (nSPS) is 11.3. The van der Waals surface area contributed by atoms with E-state index in [1.165, 1.54) is 6.07 Å². The van der Waals surface area contributed by atoms with Gasteiger partial charge in [-0.15, -0.1) is 0 Å². The molecule has 0 radical (unpaired) electrons. The molecule has 1 aromatic heterocycles. The molecule has 0 fully saturated rings. The van der Waals surface area contributed by atoms with Crippen molar-refractivity contribution in [1.82, 2.24) is 4.98 Å². The van der Waals surface area contributed by atoms with E-state index < -0.39 is 5.51 Å². The quantitative estimate of drug-likeness (QED) is 0.808. The van der Waals surface area contributed by atoms with Crippen molar-refractivity contribution in [2.75, 3.05) is 0 Å². The van der Waals surface area contributed by atoms with Crippen molar-refractivity contribution in [3.63, 3.8) is 0 Å². The number of halogens is 4. The molecule has 98 valence electrons. The van der Waals surface area contributed by atoms with E-state index in [1.807, 2.05) is 6.07 Å². The van der Waals surface area contributed by atoms with E-state index >= 15 is 0 Å². The minimum atomic E-state index is -4.39. The number of nitriles is 1. The summed E-state index contributed by atoms with van der Waals surface area (Å²) in [5, 5.41) is 9.36. The van der Waals surface area contributed by atoms with Crippen LogP contribution in [0.25, 0.3) is 11.3 Å². The zero-order chi connectivity index (χ0) is 14.0. The summed E-state index contributed by atoms with van der Waals surface area (Å²) in [6.07, 6.45) is 0. The van der Waals surface area contributed by atoms with E-state index in [9.17, 15) is 13.2 Å². The molecule has 0 saturated heterocycles. The van der Waals surface area contributed by atoms with Crippen LogP contribution in [0.3, 0.4) is 0 Å². The first kappa shape index (κ1) is 13.8. The first-order valence-electron chi connectivity index (χ1n) is 5.04. The molecule has 0 bridgehead atoms. The standard InChI is InChI=1S/C12H6ClF3N2S/c13-9-3-1-7(2-4-9)11-8(6-17)5-10(18-11)19-12(14,15)16/h1-5,18H. The van der Waals surface area contributed by atoms with Gasteiger partial charge in [0.25, 0.3) is 0 Å². The van der Waals surface area contributed by atoms with Crippen LogP contribution in [-0.4, -0.2) is 10.5 Å². The van der Waals surface area contributed by atoms with E-state index in [1.54, 1.807) is 24.3 Å². The molecule has 0 saturated carbocycles. The van der Waals surface area contributed by atoms with Crippen LogP contribution in [0.1, 0.15) is 5.56 Å². The lowest BCUT2D eigenvalue weighted by atomic mass is 10.1. The average molecular weight is 303 g/mol. The Hall–Kier alpha value is -1.58. The molecule has 0 spiro atoms. The topological polar surface area (TPSA) is 39.6 Å². The summed E-state index contributed by atoms with van der Waals surface area (Å²) in [7, 11) is 0. The number of thioether (sulfide) groups is 1. The maximum Gasteiger partial charge on any atom is 0.447 e. The Balaban J connectivity index is 2.41. The molecular weight excluding hydrogens is 297 g/mol. The minimum Gasteiger partial charge on any atom is -0.348 e. The molecule has 2 nitrogen and oxygen atoms in total.